The fourth-order valence-electron chi connectivity index (χ4n) is 1.77. The molecule has 0 aliphatic carbocycles. The minimum atomic E-state index is -3.29. The summed E-state index contributed by atoms with van der Waals surface area (Å²) in [6.45, 7) is 0. The molecule has 0 spiro atoms. The Hall–Kier alpha value is -2.12. The van der Waals surface area contributed by atoms with Crippen LogP contribution in [0.3, 0.4) is 0 Å². The van der Waals surface area contributed by atoms with Gasteiger partial charge in [-0.2, -0.15) is 0 Å². The van der Waals surface area contributed by atoms with Crippen LogP contribution in [0, 0.1) is 0 Å². The molecule has 2 N–H and O–H groups in total. The third-order valence-corrected chi connectivity index (χ3v) is 3.89. The second-order valence-electron chi connectivity index (χ2n) is 4.83. The van der Waals surface area contributed by atoms with E-state index in [2.05, 4.69) is 26.0 Å². The molecule has 2 rings (SSSR count). The van der Waals surface area contributed by atoms with Crippen molar-refractivity contribution in [1.82, 2.24) is 0 Å². The maximum atomic E-state index is 11.8. The highest BCUT2D eigenvalue weighted by molar-refractivity contribution is 9.10. The van der Waals surface area contributed by atoms with Crippen molar-refractivity contribution < 1.29 is 13.2 Å². The Balaban J connectivity index is 1.96. The lowest BCUT2D eigenvalue weighted by atomic mass is 10.2. The van der Waals surface area contributed by atoms with Crippen LogP contribution < -0.4 is 10.0 Å². The summed E-state index contributed by atoms with van der Waals surface area (Å²) < 4.78 is 25.5. The highest BCUT2D eigenvalue weighted by atomic mass is 79.9. The molecule has 0 aliphatic heterocycles. The number of rotatable bonds is 5. The number of halogens is 1. The minimum absolute atomic E-state index is 0.245. The number of amides is 1. The van der Waals surface area contributed by atoms with Crippen LogP contribution in [0.15, 0.2) is 59.1 Å². The molecule has 0 saturated heterocycles. The lowest BCUT2D eigenvalue weighted by molar-refractivity contribution is -0.111. The Morgan fingerprint density at radius 3 is 2.13 bits per heavy atom. The van der Waals surface area contributed by atoms with E-state index in [1.807, 2.05) is 12.1 Å². The SMILES string of the molecule is CS(=O)(=O)Nc1ccc(/C=C/C(=O)Nc2ccc(Br)cc2)cc1. The van der Waals surface area contributed by atoms with Crippen LogP contribution in [0.2, 0.25) is 0 Å². The second-order valence-corrected chi connectivity index (χ2v) is 7.49. The summed E-state index contributed by atoms with van der Waals surface area (Å²) in [6.07, 6.45) is 4.16. The average Bonchev–Trinajstić information content (AvgIpc) is 2.47. The van der Waals surface area contributed by atoms with Gasteiger partial charge in [-0.1, -0.05) is 28.1 Å². The van der Waals surface area contributed by atoms with E-state index in [4.69, 9.17) is 0 Å². The van der Waals surface area contributed by atoms with E-state index in [1.54, 1.807) is 42.5 Å². The third kappa shape index (κ3) is 6.25. The molecule has 120 valence electrons. The fourth-order valence-corrected chi connectivity index (χ4v) is 2.59. The van der Waals surface area contributed by atoms with E-state index in [1.165, 1.54) is 6.08 Å². The van der Waals surface area contributed by atoms with Gasteiger partial charge < -0.3 is 5.32 Å². The number of sulfonamides is 1. The summed E-state index contributed by atoms with van der Waals surface area (Å²) in [5, 5.41) is 2.74. The number of nitrogens with one attached hydrogen (secondary N) is 2. The summed E-state index contributed by atoms with van der Waals surface area (Å²) >= 11 is 3.33. The number of carbonyl (C=O) groups is 1. The zero-order valence-electron chi connectivity index (χ0n) is 12.3. The van der Waals surface area contributed by atoms with Crippen LogP contribution >= 0.6 is 15.9 Å². The minimum Gasteiger partial charge on any atom is -0.323 e. The van der Waals surface area contributed by atoms with Crippen molar-refractivity contribution in [3.8, 4) is 0 Å². The van der Waals surface area contributed by atoms with Gasteiger partial charge in [0.15, 0.2) is 0 Å². The van der Waals surface area contributed by atoms with Gasteiger partial charge in [-0.3, -0.25) is 9.52 Å². The van der Waals surface area contributed by atoms with E-state index in [0.717, 1.165) is 16.3 Å². The molecular formula is C16H15BrN2O3S. The summed E-state index contributed by atoms with van der Waals surface area (Å²) in [6, 6.07) is 14.0. The number of benzene rings is 2. The molecule has 0 radical (unpaired) electrons. The normalized spacial score (nSPS) is 11.4. The molecule has 2 aromatic rings. The van der Waals surface area contributed by atoms with Crippen LogP contribution in [-0.4, -0.2) is 20.6 Å². The lowest BCUT2D eigenvalue weighted by Gasteiger charge is -2.04. The third-order valence-electron chi connectivity index (χ3n) is 2.75. The standard InChI is InChI=1S/C16H15BrN2O3S/c1-23(21,22)19-15-7-2-12(3-8-15)4-11-16(20)18-14-9-5-13(17)6-10-14/h2-11,19H,1H3,(H,18,20)/b11-4+. The first-order valence-electron chi connectivity index (χ1n) is 6.64. The first-order chi connectivity index (χ1) is 10.8. The van der Waals surface area contributed by atoms with Gasteiger partial charge in [0.2, 0.25) is 15.9 Å². The Bertz CT molecular complexity index is 813. The molecule has 0 heterocycles. The van der Waals surface area contributed by atoms with Gasteiger partial charge in [0.25, 0.3) is 0 Å². The van der Waals surface area contributed by atoms with Crippen molar-refractivity contribution >= 4 is 49.3 Å². The molecule has 0 unspecified atom stereocenters. The predicted octanol–water partition coefficient (Wildman–Crippen LogP) is 3.47. The molecule has 0 fully saturated rings. The van der Waals surface area contributed by atoms with Crippen LogP contribution in [0.5, 0.6) is 0 Å². The zero-order valence-corrected chi connectivity index (χ0v) is 14.7. The number of hydrogen-bond donors (Lipinski definition) is 2. The zero-order chi connectivity index (χ0) is 16.9. The van der Waals surface area contributed by atoms with E-state index in [-0.39, 0.29) is 5.91 Å². The summed E-state index contributed by atoms with van der Waals surface area (Å²) in [5.41, 5.74) is 1.97. The van der Waals surface area contributed by atoms with Crippen LogP contribution in [0.1, 0.15) is 5.56 Å². The Kier molecular flexibility index (Phi) is 5.57. The molecule has 0 bridgehead atoms. The van der Waals surface area contributed by atoms with E-state index in [9.17, 15) is 13.2 Å². The smallest absolute Gasteiger partial charge is 0.248 e. The van der Waals surface area contributed by atoms with Gasteiger partial charge >= 0.3 is 0 Å². The van der Waals surface area contributed by atoms with E-state index in [0.29, 0.717) is 11.4 Å². The van der Waals surface area contributed by atoms with Gasteiger partial charge in [0.05, 0.1) is 6.26 Å². The summed E-state index contributed by atoms with van der Waals surface area (Å²) in [4.78, 5) is 11.8. The highest BCUT2D eigenvalue weighted by Crippen LogP contribution is 2.15. The van der Waals surface area contributed by atoms with Gasteiger partial charge in [0.1, 0.15) is 0 Å². The molecule has 2 aromatic carbocycles. The second kappa shape index (κ2) is 7.43. The van der Waals surface area contributed by atoms with Crippen molar-refractivity contribution in [3.05, 3.63) is 64.6 Å². The van der Waals surface area contributed by atoms with Crippen LogP contribution in [0.25, 0.3) is 6.08 Å². The van der Waals surface area contributed by atoms with Crippen LogP contribution in [0.4, 0.5) is 11.4 Å². The molecule has 1 amide bonds. The topological polar surface area (TPSA) is 75.3 Å². The molecule has 5 nitrogen and oxygen atoms in total. The van der Waals surface area contributed by atoms with Gasteiger partial charge in [0, 0.05) is 21.9 Å². The largest absolute Gasteiger partial charge is 0.323 e. The lowest BCUT2D eigenvalue weighted by Crippen LogP contribution is -2.09. The first kappa shape index (κ1) is 17.2. The molecule has 0 atom stereocenters. The molecule has 0 aliphatic rings. The summed E-state index contributed by atoms with van der Waals surface area (Å²) in [5.74, 6) is -0.245. The van der Waals surface area contributed by atoms with Gasteiger partial charge in [-0.05, 0) is 48.0 Å². The average molecular weight is 395 g/mol. The number of hydrogen-bond acceptors (Lipinski definition) is 3. The molecule has 7 heteroatoms. The Morgan fingerprint density at radius 2 is 1.57 bits per heavy atom. The quantitative estimate of drug-likeness (QED) is 0.762. The first-order valence-corrected chi connectivity index (χ1v) is 9.33. The maximum absolute atomic E-state index is 11.8. The predicted molar refractivity (Wildman–Crippen MR) is 96.7 cm³/mol. The number of carbonyl (C=O) groups excluding carboxylic acids is 1. The monoisotopic (exact) mass is 394 g/mol. The molecule has 23 heavy (non-hydrogen) atoms. The number of anilines is 2. The van der Waals surface area contributed by atoms with Crippen molar-refractivity contribution in [2.45, 2.75) is 0 Å². The molecular weight excluding hydrogens is 380 g/mol. The van der Waals surface area contributed by atoms with E-state index < -0.39 is 10.0 Å². The van der Waals surface area contributed by atoms with Crippen molar-refractivity contribution in [2.24, 2.45) is 0 Å². The van der Waals surface area contributed by atoms with E-state index >= 15 is 0 Å². The molecule has 0 saturated carbocycles. The Morgan fingerprint density at radius 1 is 1.00 bits per heavy atom. The Labute approximate surface area is 143 Å². The summed E-state index contributed by atoms with van der Waals surface area (Å²) in [7, 11) is -3.29. The van der Waals surface area contributed by atoms with Crippen molar-refractivity contribution in [2.75, 3.05) is 16.3 Å². The highest BCUT2D eigenvalue weighted by Gasteiger charge is 2.01. The van der Waals surface area contributed by atoms with Gasteiger partial charge in [-0.15, -0.1) is 0 Å². The maximum Gasteiger partial charge on any atom is 0.248 e. The molecule has 0 aromatic heterocycles. The van der Waals surface area contributed by atoms with Crippen LogP contribution in [-0.2, 0) is 14.8 Å². The van der Waals surface area contributed by atoms with Crippen molar-refractivity contribution in [1.29, 1.82) is 0 Å². The van der Waals surface area contributed by atoms with Gasteiger partial charge in [-0.25, -0.2) is 8.42 Å². The fraction of sp³-hybridized carbons (Fsp3) is 0.0625. The van der Waals surface area contributed by atoms with Crippen molar-refractivity contribution in [3.63, 3.8) is 0 Å².